The van der Waals surface area contributed by atoms with Gasteiger partial charge < -0.3 is 49.3 Å². The highest BCUT2D eigenvalue weighted by Gasteiger charge is 2.11. The molecule has 3 aromatic rings. The summed E-state index contributed by atoms with van der Waals surface area (Å²) in [4.78, 5) is 20.5. The first-order valence-corrected chi connectivity index (χ1v) is 14.5. The SMILES string of the molecule is C=CCc1cc(/C=N/OCCO/N=C/c2ccc(/C=N/OCCO/N=C/c3cc(CC=C)cc(OC)c3O)c(O)c2O)c(O)c(OC)c1. The molecule has 0 atom stereocenters. The molecule has 0 aliphatic rings. The van der Waals surface area contributed by atoms with E-state index in [-0.39, 0.29) is 49.1 Å². The molecule has 0 fully saturated rings. The molecule has 4 N–H and O–H groups in total. The van der Waals surface area contributed by atoms with E-state index in [4.69, 9.17) is 28.8 Å². The lowest BCUT2D eigenvalue weighted by molar-refractivity contribution is 0.0552. The van der Waals surface area contributed by atoms with Gasteiger partial charge in [-0.3, -0.25) is 0 Å². The molecular formula is C34H38N4O10. The Hall–Kier alpha value is -6.18. The smallest absolute Gasteiger partial charge is 0.167 e. The van der Waals surface area contributed by atoms with Gasteiger partial charge in [0.2, 0.25) is 0 Å². The zero-order chi connectivity index (χ0) is 34.7. The van der Waals surface area contributed by atoms with E-state index in [0.29, 0.717) is 35.5 Å². The number of hydrogen-bond donors (Lipinski definition) is 4. The average Bonchev–Trinajstić information content (AvgIpc) is 3.08. The predicted octanol–water partition coefficient (Wildman–Crippen LogP) is 4.79. The number of oxime groups is 4. The van der Waals surface area contributed by atoms with E-state index in [1.807, 2.05) is 0 Å². The molecule has 0 aliphatic carbocycles. The van der Waals surface area contributed by atoms with Crippen molar-refractivity contribution < 1.29 is 49.3 Å². The van der Waals surface area contributed by atoms with Crippen LogP contribution in [0.5, 0.6) is 34.5 Å². The number of rotatable bonds is 20. The maximum Gasteiger partial charge on any atom is 0.167 e. The van der Waals surface area contributed by atoms with Gasteiger partial charge in [-0.2, -0.15) is 0 Å². The van der Waals surface area contributed by atoms with Crippen molar-refractivity contribution in [1.29, 1.82) is 0 Å². The number of nitrogens with zero attached hydrogens (tertiary/aromatic N) is 4. The van der Waals surface area contributed by atoms with Crippen LogP contribution in [-0.4, -0.2) is 85.9 Å². The molecule has 0 radical (unpaired) electrons. The normalized spacial score (nSPS) is 11.4. The highest BCUT2D eigenvalue weighted by molar-refractivity contribution is 5.91. The third-order valence-electron chi connectivity index (χ3n) is 6.34. The number of benzene rings is 3. The molecule has 0 bridgehead atoms. The third kappa shape index (κ3) is 10.7. The molecule has 3 aromatic carbocycles. The van der Waals surface area contributed by atoms with Crippen LogP contribution in [0.1, 0.15) is 33.4 Å². The molecule has 0 spiro atoms. The number of hydrogen-bond acceptors (Lipinski definition) is 14. The number of phenolic OH excluding ortho intramolecular Hbond substituents is 4. The zero-order valence-corrected chi connectivity index (χ0v) is 26.6. The lowest BCUT2D eigenvalue weighted by Crippen LogP contribution is -1.99. The second-order valence-corrected chi connectivity index (χ2v) is 9.67. The second-order valence-electron chi connectivity index (χ2n) is 9.67. The molecule has 0 amide bonds. The number of methoxy groups -OCH3 is 2. The molecule has 0 heterocycles. The molecule has 48 heavy (non-hydrogen) atoms. The van der Waals surface area contributed by atoms with E-state index in [2.05, 4.69) is 33.8 Å². The summed E-state index contributed by atoms with van der Waals surface area (Å²) in [6, 6.07) is 9.90. The summed E-state index contributed by atoms with van der Waals surface area (Å²) >= 11 is 0. The summed E-state index contributed by atoms with van der Waals surface area (Å²) in [5, 5.41) is 56.3. The van der Waals surface area contributed by atoms with E-state index in [9.17, 15) is 20.4 Å². The number of ether oxygens (including phenoxy) is 2. The Morgan fingerprint density at radius 3 is 1.17 bits per heavy atom. The van der Waals surface area contributed by atoms with Gasteiger partial charge in [0.05, 0.1) is 39.1 Å². The molecule has 0 saturated carbocycles. The van der Waals surface area contributed by atoms with Gasteiger partial charge in [-0.25, -0.2) is 0 Å². The van der Waals surface area contributed by atoms with Crippen molar-refractivity contribution >= 4 is 24.9 Å². The van der Waals surface area contributed by atoms with E-state index < -0.39 is 11.5 Å². The van der Waals surface area contributed by atoms with Crippen LogP contribution in [0.3, 0.4) is 0 Å². The standard InChI is InChI=1S/C34H38N4O10/c1-5-7-23-15-27(31(39)29(17-23)43-3)21-37-47-13-11-45-35-19-25-9-10-26(34(42)33(25)41)20-36-46-12-14-48-38-22-28-16-24(8-6-2)18-30(44-4)32(28)40/h5-6,9-10,15-22,39-42H,1-2,7-8,11-14H2,3-4H3/b35-19+,36-20+,37-21+,38-22+. The van der Waals surface area contributed by atoms with Gasteiger partial charge in [-0.15, -0.1) is 13.2 Å². The average molecular weight is 663 g/mol. The highest BCUT2D eigenvalue weighted by atomic mass is 16.7. The molecule has 0 unspecified atom stereocenters. The van der Waals surface area contributed by atoms with Crippen molar-refractivity contribution in [3.63, 3.8) is 0 Å². The van der Waals surface area contributed by atoms with Gasteiger partial charge in [-0.05, 0) is 60.4 Å². The Labute approximate surface area is 277 Å². The number of phenols is 4. The van der Waals surface area contributed by atoms with Gasteiger partial charge in [0.15, 0.2) is 60.9 Å². The van der Waals surface area contributed by atoms with Crippen LogP contribution in [0.25, 0.3) is 0 Å². The first kappa shape index (κ1) is 36.3. The predicted molar refractivity (Wildman–Crippen MR) is 181 cm³/mol. The fourth-order valence-corrected chi connectivity index (χ4v) is 4.01. The van der Waals surface area contributed by atoms with E-state index >= 15 is 0 Å². The summed E-state index contributed by atoms with van der Waals surface area (Å²) < 4.78 is 10.4. The minimum absolute atomic E-state index is 0.0314. The minimum Gasteiger partial charge on any atom is -0.504 e. The van der Waals surface area contributed by atoms with Gasteiger partial charge in [0, 0.05) is 22.3 Å². The van der Waals surface area contributed by atoms with Gasteiger partial charge >= 0.3 is 0 Å². The Bertz CT molecular complexity index is 1530. The molecule has 0 saturated heterocycles. The quantitative estimate of drug-likeness (QED) is 0.0431. The molecule has 3 rings (SSSR count). The largest absolute Gasteiger partial charge is 0.504 e. The monoisotopic (exact) mass is 662 g/mol. The Morgan fingerprint density at radius 2 is 0.854 bits per heavy atom. The lowest BCUT2D eigenvalue weighted by atomic mass is 10.1. The summed E-state index contributed by atoms with van der Waals surface area (Å²) in [6.45, 7) is 7.57. The van der Waals surface area contributed by atoms with Crippen molar-refractivity contribution in [1.82, 2.24) is 0 Å². The topological polar surface area (TPSA) is 186 Å². The van der Waals surface area contributed by atoms with Crippen molar-refractivity contribution in [3.8, 4) is 34.5 Å². The maximum absolute atomic E-state index is 10.3. The van der Waals surface area contributed by atoms with Crippen LogP contribution in [0.2, 0.25) is 0 Å². The van der Waals surface area contributed by atoms with E-state index in [1.54, 1.807) is 36.4 Å². The van der Waals surface area contributed by atoms with Crippen LogP contribution >= 0.6 is 0 Å². The molecule has 14 nitrogen and oxygen atoms in total. The van der Waals surface area contributed by atoms with E-state index in [0.717, 1.165) is 11.1 Å². The summed E-state index contributed by atoms with van der Waals surface area (Å²) in [5.74, 6) is -0.373. The fourth-order valence-electron chi connectivity index (χ4n) is 4.01. The Kier molecular flexibility index (Phi) is 14.6. The summed E-state index contributed by atoms with van der Waals surface area (Å²) in [5.41, 5.74) is 3.00. The fraction of sp³-hybridized carbons (Fsp3) is 0.235. The molecule has 14 heteroatoms. The van der Waals surface area contributed by atoms with Crippen LogP contribution in [-0.2, 0) is 32.2 Å². The summed E-state index contributed by atoms with van der Waals surface area (Å²) in [7, 11) is 2.92. The lowest BCUT2D eigenvalue weighted by Gasteiger charge is -2.08. The Balaban J connectivity index is 1.40. The van der Waals surface area contributed by atoms with Crippen molar-refractivity contribution in [2.75, 3.05) is 40.6 Å². The Morgan fingerprint density at radius 1 is 0.521 bits per heavy atom. The first-order chi connectivity index (χ1) is 23.3. The van der Waals surface area contributed by atoms with Crippen molar-refractivity contribution in [3.05, 3.63) is 95.1 Å². The number of aromatic hydroxyl groups is 4. The first-order valence-electron chi connectivity index (χ1n) is 14.5. The molecule has 254 valence electrons. The van der Waals surface area contributed by atoms with Crippen LogP contribution in [0.15, 0.2) is 82.3 Å². The van der Waals surface area contributed by atoms with Crippen LogP contribution in [0.4, 0.5) is 0 Å². The number of allylic oxidation sites excluding steroid dienone is 2. The van der Waals surface area contributed by atoms with Crippen LogP contribution in [0, 0.1) is 0 Å². The molecule has 0 aromatic heterocycles. The molecular weight excluding hydrogens is 624 g/mol. The summed E-state index contributed by atoms with van der Waals surface area (Å²) in [6.07, 6.45) is 9.79. The van der Waals surface area contributed by atoms with Gasteiger partial charge in [0.25, 0.3) is 0 Å². The van der Waals surface area contributed by atoms with Crippen molar-refractivity contribution in [2.45, 2.75) is 12.8 Å². The second kappa shape index (κ2) is 19.4. The van der Waals surface area contributed by atoms with Gasteiger partial charge in [-0.1, -0.05) is 32.8 Å². The maximum atomic E-state index is 10.3. The molecule has 0 aliphatic heterocycles. The van der Waals surface area contributed by atoms with Gasteiger partial charge in [0.1, 0.15) is 0 Å². The third-order valence-corrected chi connectivity index (χ3v) is 6.34. The minimum atomic E-state index is -0.434. The zero-order valence-electron chi connectivity index (χ0n) is 26.6. The highest BCUT2D eigenvalue weighted by Crippen LogP contribution is 2.32. The van der Waals surface area contributed by atoms with Crippen LogP contribution < -0.4 is 9.47 Å². The van der Waals surface area contributed by atoms with E-state index in [1.165, 1.54) is 51.2 Å². The van der Waals surface area contributed by atoms with Crippen molar-refractivity contribution in [2.24, 2.45) is 20.6 Å².